The van der Waals surface area contributed by atoms with Gasteiger partial charge in [-0.25, -0.2) is 8.42 Å². The van der Waals surface area contributed by atoms with Gasteiger partial charge in [-0.1, -0.05) is 24.3 Å². The Morgan fingerprint density at radius 3 is 2.29 bits per heavy atom. The molecule has 0 amide bonds. The van der Waals surface area contributed by atoms with Crippen LogP contribution in [-0.4, -0.2) is 45.1 Å². The number of hydrogen-bond donors (Lipinski definition) is 1. The van der Waals surface area contributed by atoms with Gasteiger partial charge in [0, 0.05) is 19.6 Å². The molecular formula is C15H22N2O3S. The highest BCUT2D eigenvalue weighted by Crippen LogP contribution is 2.28. The Balaban J connectivity index is 1.68. The van der Waals surface area contributed by atoms with Gasteiger partial charge in [0.2, 0.25) is 10.0 Å². The molecule has 1 aromatic carbocycles. The maximum atomic E-state index is 12.5. The van der Waals surface area contributed by atoms with Gasteiger partial charge in [0.05, 0.1) is 18.0 Å². The smallest absolute Gasteiger partial charge is 0.218 e. The molecule has 0 radical (unpaired) electrons. The number of nitrogens with zero attached hydrogens (tertiary/aromatic N) is 1. The zero-order valence-corrected chi connectivity index (χ0v) is 13.1. The van der Waals surface area contributed by atoms with E-state index in [4.69, 9.17) is 4.74 Å². The Morgan fingerprint density at radius 1 is 1.14 bits per heavy atom. The summed E-state index contributed by atoms with van der Waals surface area (Å²) in [5, 5.41) is 3.08. The van der Waals surface area contributed by atoms with Crippen molar-refractivity contribution in [3.63, 3.8) is 0 Å². The van der Waals surface area contributed by atoms with Crippen molar-refractivity contribution in [2.24, 2.45) is 0 Å². The van der Waals surface area contributed by atoms with Gasteiger partial charge in [0.1, 0.15) is 0 Å². The lowest BCUT2D eigenvalue weighted by Crippen LogP contribution is -2.46. The van der Waals surface area contributed by atoms with E-state index in [-0.39, 0.29) is 18.0 Å². The van der Waals surface area contributed by atoms with E-state index in [9.17, 15) is 8.42 Å². The molecule has 5 nitrogen and oxygen atoms in total. The highest BCUT2D eigenvalue weighted by molar-refractivity contribution is 7.88. The van der Waals surface area contributed by atoms with E-state index in [0.717, 1.165) is 30.5 Å². The molecule has 2 fully saturated rings. The zero-order valence-electron chi connectivity index (χ0n) is 12.3. The fraction of sp³-hybridized carbons (Fsp3) is 0.600. The number of rotatable bonds is 5. The summed E-state index contributed by atoms with van der Waals surface area (Å²) in [5.74, 6) is 0.0757. The second-order valence-electron chi connectivity index (χ2n) is 5.88. The van der Waals surface area contributed by atoms with Crippen LogP contribution in [0.4, 0.5) is 0 Å². The van der Waals surface area contributed by atoms with Gasteiger partial charge in [0.25, 0.3) is 0 Å². The summed E-state index contributed by atoms with van der Waals surface area (Å²) in [6.07, 6.45) is 2.15. The molecule has 0 aliphatic carbocycles. The molecule has 0 aromatic heterocycles. The lowest BCUT2D eigenvalue weighted by molar-refractivity contribution is -0.0115. The number of fused-ring (bicyclic) bond motifs is 2. The van der Waals surface area contributed by atoms with E-state index in [1.807, 2.05) is 31.3 Å². The van der Waals surface area contributed by atoms with E-state index < -0.39 is 10.0 Å². The summed E-state index contributed by atoms with van der Waals surface area (Å²) in [7, 11) is -1.36. The van der Waals surface area contributed by atoms with Crippen molar-refractivity contribution in [3.8, 4) is 0 Å². The van der Waals surface area contributed by atoms with Crippen molar-refractivity contribution in [3.05, 3.63) is 35.4 Å². The van der Waals surface area contributed by atoms with Crippen molar-refractivity contribution >= 4 is 10.0 Å². The average molecular weight is 310 g/mol. The molecule has 2 saturated heterocycles. The monoisotopic (exact) mass is 310 g/mol. The molecule has 0 spiro atoms. The molecule has 2 bridgehead atoms. The molecule has 2 heterocycles. The van der Waals surface area contributed by atoms with Crippen molar-refractivity contribution in [1.82, 2.24) is 9.62 Å². The number of sulfonamides is 1. The number of nitrogens with one attached hydrogen (secondary N) is 1. The minimum absolute atomic E-state index is 0.0757. The summed E-state index contributed by atoms with van der Waals surface area (Å²) in [4.78, 5) is 0. The van der Waals surface area contributed by atoms with Crippen molar-refractivity contribution in [2.45, 2.75) is 37.3 Å². The first-order valence-corrected chi connectivity index (χ1v) is 9.03. The van der Waals surface area contributed by atoms with Crippen LogP contribution >= 0.6 is 0 Å². The zero-order chi connectivity index (χ0) is 14.9. The van der Waals surface area contributed by atoms with Gasteiger partial charge in [-0.05, 0) is 31.0 Å². The normalized spacial score (nSPS) is 26.1. The largest absolute Gasteiger partial charge is 0.372 e. The predicted octanol–water partition coefficient (Wildman–Crippen LogP) is 1.10. The third-order valence-electron chi connectivity index (χ3n) is 4.16. The Hall–Kier alpha value is -0.950. The molecule has 0 saturated carbocycles. The molecule has 2 aliphatic rings. The van der Waals surface area contributed by atoms with Gasteiger partial charge in [-0.3, -0.25) is 0 Å². The molecule has 1 N–H and O–H groups in total. The molecule has 1 aromatic rings. The van der Waals surface area contributed by atoms with Crippen molar-refractivity contribution < 1.29 is 13.2 Å². The molecule has 116 valence electrons. The molecule has 2 atom stereocenters. The first kappa shape index (κ1) is 15.0. The first-order chi connectivity index (χ1) is 10.1. The van der Waals surface area contributed by atoms with Gasteiger partial charge in [-0.2, -0.15) is 4.31 Å². The van der Waals surface area contributed by atoms with E-state index >= 15 is 0 Å². The Labute approximate surface area is 126 Å². The predicted molar refractivity (Wildman–Crippen MR) is 81.3 cm³/mol. The Morgan fingerprint density at radius 2 is 1.71 bits per heavy atom. The van der Waals surface area contributed by atoms with Gasteiger partial charge in [0.15, 0.2) is 0 Å². The van der Waals surface area contributed by atoms with E-state index in [1.54, 1.807) is 4.31 Å². The third-order valence-corrected chi connectivity index (χ3v) is 5.94. The van der Waals surface area contributed by atoms with Crippen LogP contribution in [0.2, 0.25) is 0 Å². The second kappa shape index (κ2) is 6.04. The Bertz CT molecular complexity index is 573. The highest BCUT2D eigenvalue weighted by atomic mass is 32.2. The maximum absolute atomic E-state index is 12.5. The van der Waals surface area contributed by atoms with Crippen LogP contribution < -0.4 is 5.32 Å². The molecule has 6 heteroatoms. The number of benzene rings is 1. The fourth-order valence-electron chi connectivity index (χ4n) is 3.06. The summed E-state index contributed by atoms with van der Waals surface area (Å²) in [6, 6.07) is 7.76. The van der Waals surface area contributed by atoms with E-state index in [1.165, 1.54) is 0 Å². The topological polar surface area (TPSA) is 58.6 Å². The Kier molecular flexibility index (Phi) is 4.31. The third kappa shape index (κ3) is 3.45. The molecule has 2 aliphatic heterocycles. The summed E-state index contributed by atoms with van der Waals surface area (Å²) in [5.41, 5.74) is 2.00. The van der Waals surface area contributed by atoms with Gasteiger partial charge >= 0.3 is 0 Å². The van der Waals surface area contributed by atoms with Gasteiger partial charge < -0.3 is 10.1 Å². The minimum atomic E-state index is -3.25. The van der Waals surface area contributed by atoms with Crippen LogP contribution in [0.5, 0.6) is 0 Å². The lowest BCUT2D eigenvalue weighted by Gasteiger charge is -2.31. The average Bonchev–Trinajstić information content (AvgIpc) is 2.79. The van der Waals surface area contributed by atoms with Crippen LogP contribution in [-0.2, 0) is 27.1 Å². The van der Waals surface area contributed by atoms with Crippen LogP contribution in [0, 0.1) is 0 Å². The SMILES string of the molecule is CNCc1ccc(CS(=O)(=O)N2CC3CCC(C2)O3)cc1. The number of ether oxygens (including phenoxy) is 1. The quantitative estimate of drug-likeness (QED) is 0.885. The second-order valence-corrected chi connectivity index (χ2v) is 7.85. The summed E-state index contributed by atoms with van der Waals surface area (Å²) >= 11 is 0. The molecule has 3 rings (SSSR count). The maximum Gasteiger partial charge on any atom is 0.218 e. The van der Waals surface area contributed by atoms with Crippen molar-refractivity contribution in [2.75, 3.05) is 20.1 Å². The molecular weight excluding hydrogens is 288 g/mol. The van der Waals surface area contributed by atoms with Crippen LogP contribution in [0.25, 0.3) is 0 Å². The standard InChI is InChI=1S/C15H22N2O3S/c1-16-8-12-2-4-13(5-3-12)11-21(18,19)17-9-14-6-7-15(10-17)20-14/h2-5,14-16H,6-11H2,1H3. The first-order valence-electron chi connectivity index (χ1n) is 7.42. The van der Waals surface area contributed by atoms with E-state index in [0.29, 0.717) is 13.1 Å². The fourth-order valence-corrected chi connectivity index (χ4v) is 4.65. The summed E-state index contributed by atoms with van der Waals surface area (Å²) in [6.45, 7) is 1.81. The molecule has 21 heavy (non-hydrogen) atoms. The molecule has 2 unspecified atom stereocenters. The lowest BCUT2D eigenvalue weighted by atomic mass is 10.1. The van der Waals surface area contributed by atoms with Gasteiger partial charge in [-0.15, -0.1) is 0 Å². The minimum Gasteiger partial charge on any atom is -0.372 e. The van der Waals surface area contributed by atoms with Crippen molar-refractivity contribution in [1.29, 1.82) is 0 Å². The highest BCUT2D eigenvalue weighted by Gasteiger charge is 2.38. The number of hydrogen-bond acceptors (Lipinski definition) is 4. The van der Waals surface area contributed by atoms with Crippen LogP contribution in [0.15, 0.2) is 24.3 Å². The van der Waals surface area contributed by atoms with Crippen LogP contribution in [0.1, 0.15) is 24.0 Å². The number of morpholine rings is 1. The summed E-state index contributed by atoms with van der Waals surface area (Å²) < 4.78 is 32.4. The van der Waals surface area contributed by atoms with E-state index in [2.05, 4.69) is 5.32 Å². The van der Waals surface area contributed by atoms with Crippen LogP contribution in [0.3, 0.4) is 0 Å².